The van der Waals surface area contributed by atoms with Gasteiger partial charge in [-0.2, -0.15) is 0 Å². The van der Waals surface area contributed by atoms with E-state index in [0.29, 0.717) is 19.8 Å². The molecule has 0 saturated carbocycles. The molecule has 0 amide bonds. The standard InChI is InChI=1S/C17H20ClNO2/c1-2-13-11-15(7-8-16(13)18)20-9-10-21-17-6-4-3-5-14(17)12-19/h3-8,11H,2,9-10,12,19H2,1H3. The Morgan fingerprint density at radius 1 is 1.00 bits per heavy atom. The van der Waals surface area contributed by atoms with Gasteiger partial charge in [-0.25, -0.2) is 0 Å². The first-order valence-corrected chi connectivity index (χ1v) is 7.44. The first-order chi connectivity index (χ1) is 10.2. The number of benzene rings is 2. The molecule has 3 nitrogen and oxygen atoms in total. The summed E-state index contributed by atoms with van der Waals surface area (Å²) in [4.78, 5) is 0. The fourth-order valence-electron chi connectivity index (χ4n) is 2.04. The van der Waals surface area contributed by atoms with Crippen molar-refractivity contribution in [3.05, 3.63) is 58.6 Å². The van der Waals surface area contributed by atoms with Gasteiger partial charge in [0.1, 0.15) is 24.7 Å². The Balaban J connectivity index is 1.84. The average Bonchev–Trinajstić information content (AvgIpc) is 2.53. The number of hydrogen-bond donors (Lipinski definition) is 1. The second-order valence-corrected chi connectivity index (χ2v) is 5.02. The highest BCUT2D eigenvalue weighted by Gasteiger charge is 2.03. The molecule has 2 aromatic carbocycles. The van der Waals surface area contributed by atoms with E-state index in [1.165, 1.54) is 0 Å². The van der Waals surface area contributed by atoms with Gasteiger partial charge in [0, 0.05) is 17.1 Å². The van der Waals surface area contributed by atoms with Gasteiger partial charge in [0.15, 0.2) is 0 Å². The Morgan fingerprint density at radius 2 is 1.76 bits per heavy atom. The van der Waals surface area contributed by atoms with Gasteiger partial charge < -0.3 is 15.2 Å². The Hall–Kier alpha value is -1.71. The molecular weight excluding hydrogens is 286 g/mol. The normalized spacial score (nSPS) is 10.4. The van der Waals surface area contributed by atoms with Crippen LogP contribution in [-0.2, 0) is 13.0 Å². The average molecular weight is 306 g/mol. The Morgan fingerprint density at radius 3 is 2.52 bits per heavy atom. The third-order valence-electron chi connectivity index (χ3n) is 3.20. The highest BCUT2D eigenvalue weighted by Crippen LogP contribution is 2.22. The number of para-hydroxylation sites is 1. The first-order valence-electron chi connectivity index (χ1n) is 7.06. The van der Waals surface area contributed by atoms with Crippen molar-refractivity contribution in [3.8, 4) is 11.5 Å². The van der Waals surface area contributed by atoms with Crippen LogP contribution in [-0.4, -0.2) is 13.2 Å². The zero-order valence-corrected chi connectivity index (χ0v) is 12.9. The van der Waals surface area contributed by atoms with E-state index in [-0.39, 0.29) is 0 Å². The molecule has 0 unspecified atom stereocenters. The molecule has 2 rings (SSSR count). The minimum Gasteiger partial charge on any atom is -0.490 e. The monoisotopic (exact) mass is 305 g/mol. The molecule has 0 saturated heterocycles. The van der Waals surface area contributed by atoms with Crippen LogP contribution < -0.4 is 15.2 Å². The van der Waals surface area contributed by atoms with Gasteiger partial charge in [-0.15, -0.1) is 0 Å². The summed E-state index contributed by atoms with van der Waals surface area (Å²) in [6.45, 7) is 3.48. The number of nitrogens with two attached hydrogens (primary N) is 1. The van der Waals surface area contributed by atoms with Crippen molar-refractivity contribution >= 4 is 11.6 Å². The molecular formula is C17H20ClNO2. The largest absolute Gasteiger partial charge is 0.490 e. The van der Waals surface area contributed by atoms with Crippen molar-refractivity contribution in [1.82, 2.24) is 0 Å². The smallest absolute Gasteiger partial charge is 0.123 e. The van der Waals surface area contributed by atoms with Crippen LogP contribution in [0.1, 0.15) is 18.1 Å². The van der Waals surface area contributed by atoms with E-state index < -0.39 is 0 Å². The lowest BCUT2D eigenvalue weighted by molar-refractivity contribution is 0.216. The number of hydrogen-bond acceptors (Lipinski definition) is 3. The molecule has 112 valence electrons. The lowest BCUT2D eigenvalue weighted by Crippen LogP contribution is -2.11. The minimum absolute atomic E-state index is 0.466. The number of rotatable bonds is 7. The summed E-state index contributed by atoms with van der Waals surface area (Å²) >= 11 is 6.08. The van der Waals surface area contributed by atoms with Crippen LogP contribution in [0.5, 0.6) is 11.5 Å². The Bertz CT molecular complexity index is 587. The highest BCUT2D eigenvalue weighted by atomic mass is 35.5. The predicted octanol–water partition coefficient (Wildman–Crippen LogP) is 3.82. The molecule has 0 radical (unpaired) electrons. The summed E-state index contributed by atoms with van der Waals surface area (Å²) in [7, 11) is 0. The fourth-order valence-corrected chi connectivity index (χ4v) is 2.29. The quantitative estimate of drug-likeness (QED) is 0.791. The summed E-state index contributed by atoms with van der Waals surface area (Å²) in [5, 5.41) is 0.776. The zero-order valence-electron chi connectivity index (χ0n) is 12.1. The van der Waals surface area contributed by atoms with Gasteiger partial charge in [-0.05, 0) is 36.2 Å². The number of aryl methyl sites for hydroxylation is 1. The summed E-state index contributed by atoms with van der Waals surface area (Å²) < 4.78 is 11.4. The van der Waals surface area contributed by atoms with Crippen molar-refractivity contribution in [1.29, 1.82) is 0 Å². The molecule has 0 aromatic heterocycles. The summed E-state index contributed by atoms with van der Waals surface area (Å²) in [6.07, 6.45) is 0.885. The van der Waals surface area contributed by atoms with Crippen LogP contribution >= 0.6 is 11.6 Å². The van der Waals surface area contributed by atoms with Crippen molar-refractivity contribution in [2.45, 2.75) is 19.9 Å². The third-order valence-corrected chi connectivity index (χ3v) is 3.57. The minimum atomic E-state index is 0.466. The van der Waals surface area contributed by atoms with Gasteiger partial charge in [0.2, 0.25) is 0 Å². The van der Waals surface area contributed by atoms with Gasteiger partial charge >= 0.3 is 0 Å². The molecule has 0 fully saturated rings. The molecule has 0 atom stereocenters. The summed E-state index contributed by atoms with van der Waals surface area (Å²) in [5.74, 6) is 1.63. The lowest BCUT2D eigenvalue weighted by Gasteiger charge is -2.12. The molecule has 2 N–H and O–H groups in total. The van der Waals surface area contributed by atoms with Gasteiger partial charge in [-0.3, -0.25) is 0 Å². The second kappa shape index (κ2) is 7.91. The van der Waals surface area contributed by atoms with E-state index in [1.54, 1.807) is 0 Å². The van der Waals surface area contributed by atoms with Crippen LogP contribution in [0.4, 0.5) is 0 Å². The molecule has 2 aromatic rings. The van der Waals surface area contributed by atoms with Crippen LogP contribution in [0, 0.1) is 0 Å². The van der Waals surface area contributed by atoms with Crippen LogP contribution in [0.2, 0.25) is 5.02 Å². The number of halogens is 1. The van der Waals surface area contributed by atoms with Crippen molar-refractivity contribution < 1.29 is 9.47 Å². The van der Waals surface area contributed by atoms with Crippen molar-refractivity contribution in [3.63, 3.8) is 0 Å². The number of ether oxygens (including phenoxy) is 2. The van der Waals surface area contributed by atoms with E-state index in [4.69, 9.17) is 26.8 Å². The SMILES string of the molecule is CCc1cc(OCCOc2ccccc2CN)ccc1Cl. The molecule has 0 aliphatic carbocycles. The second-order valence-electron chi connectivity index (χ2n) is 4.62. The first kappa shape index (κ1) is 15.7. The third kappa shape index (κ3) is 4.38. The van der Waals surface area contributed by atoms with E-state index in [0.717, 1.165) is 34.1 Å². The molecule has 0 heterocycles. The van der Waals surface area contributed by atoms with Crippen LogP contribution in [0.25, 0.3) is 0 Å². The van der Waals surface area contributed by atoms with E-state index in [1.807, 2.05) is 42.5 Å². The highest BCUT2D eigenvalue weighted by molar-refractivity contribution is 6.31. The van der Waals surface area contributed by atoms with E-state index >= 15 is 0 Å². The molecule has 21 heavy (non-hydrogen) atoms. The fraction of sp³-hybridized carbons (Fsp3) is 0.294. The van der Waals surface area contributed by atoms with Crippen LogP contribution in [0.15, 0.2) is 42.5 Å². The zero-order chi connectivity index (χ0) is 15.1. The molecule has 0 aliphatic rings. The Labute approximate surface area is 130 Å². The Kier molecular flexibility index (Phi) is 5.90. The van der Waals surface area contributed by atoms with E-state index in [9.17, 15) is 0 Å². The lowest BCUT2D eigenvalue weighted by atomic mass is 10.1. The summed E-state index contributed by atoms with van der Waals surface area (Å²) in [6, 6.07) is 13.5. The van der Waals surface area contributed by atoms with Crippen molar-refractivity contribution in [2.75, 3.05) is 13.2 Å². The molecule has 0 bridgehead atoms. The molecule has 0 aliphatic heterocycles. The van der Waals surface area contributed by atoms with E-state index in [2.05, 4.69) is 6.92 Å². The maximum Gasteiger partial charge on any atom is 0.123 e. The maximum absolute atomic E-state index is 6.08. The maximum atomic E-state index is 6.08. The van der Waals surface area contributed by atoms with Gasteiger partial charge in [0.25, 0.3) is 0 Å². The predicted molar refractivity (Wildman–Crippen MR) is 86.2 cm³/mol. The molecule has 4 heteroatoms. The molecule has 0 spiro atoms. The van der Waals surface area contributed by atoms with Gasteiger partial charge in [0.05, 0.1) is 0 Å². The van der Waals surface area contributed by atoms with Crippen LogP contribution in [0.3, 0.4) is 0 Å². The topological polar surface area (TPSA) is 44.5 Å². The summed E-state index contributed by atoms with van der Waals surface area (Å²) in [5.41, 5.74) is 7.75. The van der Waals surface area contributed by atoms with Gasteiger partial charge in [-0.1, -0.05) is 36.7 Å². The van der Waals surface area contributed by atoms with Crippen molar-refractivity contribution in [2.24, 2.45) is 5.73 Å².